The standard InChI is InChI=1S/C10H8F4INO3/c1-2-18-9(17)6-3-5(4-11)16-8(7(6)15)19-10(12,13)14/h3H,2,4H2,1H3. The quantitative estimate of drug-likeness (QED) is 0.448. The highest BCUT2D eigenvalue weighted by Gasteiger charge is 2.34. The van der Waals surface area contributed by atoms with Crippen molar-refractivity contribution in [3.05, 3.63) is 20.9 Å². The smallest absolute Gasteiger partial charge is 0.462 e. The number of rotatable bonds is 4. The van der Waals surface area contributed by atoms with Crippen LogP contribution in [-0.4, -0.2) is 23.9 Å². The molecule has 0 spiro atoms. The molecule has 1 aromatic heterocycles. The van der Waals surface area contributed by atoms with Crippen LogP contribution in [0.3, 0.4) is 0 Å². The van der Waals surface area contributed by atoms with Crippen molar-refractivity contribution in [1.29, 1.82) is 0 Å². The Balaban J connectivity index is 3.24. The second-order valence-corrected chi connectivity index (χ2v) is 4.26. The molecule has 0 bridgehead atoms. The van der Waals surface area contributed by atoms with E-state index in [-0.39, 0.29) is 21.4 Å². The number of halogens is 5. The maximum Gasteiger partial charge on any atom is 0.574 e. The molecule has 0 radical (unpaired) electrons. The Morgan fingerprint density at radius 1 is 1.47 bits per heavy atom. The molecule has 9 heteroatoms. The lowest BCUT2D eigenvalue weighted by Gasteiger charge is -2.13. The summed E-state index contributed by atoms with van der Waals surface area (Å²) in [6.07, 6.45) is -4.98. The van der Waals surface area contributed by atoms with Crippen molar-refractivity contribution in [2.24, 2.45) is 0 Å². The number of ether oxygens (including phenoxy) is 2. The molecule has 4 nitrogen and oxygen atoms in total. The minimum Gasteiger partial charge on any atom is -0.462 e. The summed E-state index contributed by atoms with van der Waals surface area (Å²) in [7, 11) is 0. The van der Waals surface area contributed by atoms with Crippen molar-refractivity contribution >= 4 is 28.6 Å². The Morgan fingerprint density at radius 3 is 2.58 bits per heavy atom. The summed E-state index contributed by atoms with van der Waals surface area (Å²) in [5.41, 5.74) is -0.563. The minimum atomic E-state index is -4.98. The second-order valence-electron chi connectivity index (χ2n) is 3.18. The topological polar surface area (TPSA) is 48.4 Å². The molecule has 19 heavy (non-hydrogen) atoms. The van der Waals surface area contributed by atoms with E-state index in [0.717, 1.165) is 6.07 Å². The van der Waals surface area contributed by atoms with Crippen LogP contribution >= 0.6 is 22.6 Å². The molecule has 0 atom stereocenters. The lowest BCUT2D eigenvalue weighted by molar-refractivity contribution is -0.276. The lowest BCUT2D eigenvalue weighted by atomic mass is 10.2. The molecule has 1 heterocycles. The highest BCUT2D eigenvalue weighted by atomic mass is 127. The largest absolute Gasteiger partial charge is 0.574 e. The van der Waals surface area contributed by atoms with E-state index in [1.54, 1.807) is 0 Å². The Hall–Kier alpha value is -1.13. The average Bonchev–Trinajstić information content (AvgIpc) is 2.30. The highest BCUT2D eigenvalue weighted by molar-refractivity contribution is 14.1. The van der Waals surface area contributed by atoms with Crippen LogP contribution in [-0.2, 0) is 11.4 Å². The number of carbonyl (C=O) groups is 1. The van der Waals surface area contributed by atoms with E-state index in [0.29, 0.717) is 0 Å². The van der Waals surface area contributed by atoms with Gasteiger partial charge in [0.15, 0.2) is 0 Å². The number of hydrogen-bond donors (Lipinski definition) is 0. The molecule has 0 aliphatic carbocycles. The van der Waals surface area contributed by atoms with Crippen molar-refractivity contribution in [2.75, 3.05) is 6.61 Å². The Labute approximate surface area is 119 Å². The monoisotopic (exact) mass is 393 g/mol. The number of hydrogen-bond acceptors (Lipinski definition) is 4. The zero-order valence-electron chi connectivity index (χ0n) is 9.55. The summed E-state index contributed by atoms with van der Waals surface area (Å²) in [5, 5.41) is 0. The number of nitrogens with zero attached hydrogens (tertiary/aromatic N) is 1. The SMILES string of the molecule is CCOC(=O)c1cc(CF)nc(OC(F)(F)F)c1I. The molecule has 0 amide bonds. The summed E-state index contributed by atoms with van der Waals surface area (Å²) in [6, 6.07) is 1.03. The zero-order chi connectivity index (χ0) is 14.6. The van der Waals surface area contributed by atoms with Gasteiger partial charge in [0.05, 0.1) is 21.4 Å². The van der Waals surface area contributed by atoms with Gasteiger partial charge in [-0.25, -0.2) is 14.2 Å². The molecule has 106 valence electrons. The van der Waals surface area contributed by atoms with Gasteiger partial charge in [-0.3, -0.25) is 0 Å². The van der Waals surface area contributed by atoms with E-state index in [1.165, 1.54) is 29.5 Å². The number of alkyl halides is 4. The Morgan fingerprint density at radius 2 is 2.11 bits per heavy atom. The summed E-state index contributed by atoms with van der Waals surface area (Å²) >= 11 is 1.46. The lowest BCUT2D eigenvalue weighted by Crippen LogP contribution is -2.20. The van der Waals surface area contributed by atoms with Crippen molar-refractivity contribution in [3.8, 4) is 5.88 Å². The molecular formula is C10H8F4INO3. The minimum absolute atomic E-state index is 0.0393. The molecule has 1 rings (SSSR count). The third kappa shape index (κ3) is 4.48. The number of pyridine rings is 1. The molecule has 0 unspecified atom stereocenters. The fraction of sp³-hybridized carbons (Fsp3) is 0.400. The van der Waals surface area contributed by atoms with Gasteiger partial charge in [-0.15, -0.1) is 13.2 Å². The molecule has 0 aromatic carbocycles. The summed E-state index contributed by atoms with van der Waals surface area (Å²) in [6.45, 7) is 0.449. The van der Waals surface area contributed by atoms with E-state index in [9.17, 15) is 22.4 Å². The summed E-state index contributed by atoms with van der Waals surface area (Å²) in [5.74, 6) is -1.73. The first-order valence-electron chi connectivity index (χ1n) is 4.96. The van der Waals surface area contributed by atoms with Gasteiger partial charge < -0.3 is 9.47 Å². The van der Waals surface area contributed by atoms with Gasteiger partial charge in [0.25, 0.3) is 0 Å². The first-order valence-corrected chi connectivity index (χ1v) is 6.04. The van der Waals surface area contributed by atoms with Gasteiger partial charge in [0, 0.05) is 0 Å². The van der Waals surface area contributed by atoms with Gasteiger partial charge in [0.1, 0.15) is 6.67 Å². The Bertz CT molecular complexity index is 479. The average molecular weight is 393 g/mol. The fourth-order valence-electron chi connectivity index (χ4n) is 1.16. The van der Waals surface area contributed by atoms with Gasteiger partial charge in [0.2, 0.25) is 5.88 Å². The summed E-state index contributed by atoms with van der Waals surface area (Å²) < 4.78 is 57.2. The van der Waals surface area contributed by atoms with E-state index in [1.807, 2.05) is 0 Å². The molecule has 0 saturated carbocycles. The van der Waals surface area contributed by atoms with Crippen LogP contribution in [0.4, 0.5) is 17.6 Å². The predicted octanol–water partition coefficient (Wildman–Crippen LogP) is 3.23. The van der Waals surface area contributed by atoms with Crippen molar-refractivity contribution in [3.63, 3.8) is 0 Å². The van der Waals surface area contributed by atoms with Crippen LogP contribution in [0.5, 0.6) is 5.88 Å². The van der Waals surface area contributed by atoms with Gasteiger partial charge in [-0.05, 0) is 35.6 Å². The number of carbonyl (C=O) groups excluding carboxylic acids is 1. The molecule has 0 aliphatic rings. The summed E-state index contributed by atoms with van der Waals surface area (Å²) in [4.78, 5) is 14.9. The van der Waals surface area contributed by atoms with Crippen LogP contribution in [0.2, 0.25) is 0 Å². The zero-order valence-corrected chi connectivity index (χ0v) is 11.7. The maximum atomic E-state index is 12.5. The van der Waals surface area contributed by atoms with Crippen LogP contribution in [0.1, 0.15) is 23.0 Å². The van der Waals surface area contributed by atoms with E-state index < -0.39 is 24.9 Å². The molecule has 0 N–H and O–H groups in total. The molecule has 0 saturated heterocycles. The molecule has 0 aliphatic heterocycles. The highest BCUT2D eigenvalue weighted by Crippen LogP contribution is 2.29. The second kappa shape index (κ2) is 6.35. The van der Waals surface area contributed by atoms with Crippen molar-refractivity contribution < 1.29 is 31.8 Å². The third-order valence-corrected chi connectivity index (χ3v) is 2.87. The first kappa shape index (κ1) is 15.9. The maximum absolute atomic E-state index is 12.5. The van der Waals surface area contributed by atoms with E-state index >= 15 is 0 Å². The molecule has 0 fully saturated rings. The molecule has 1 aromatic rings. The van der Waals surface area contributed by atoms with Gasteiger partial charge >= 0.3 is 12.3 Å². The fourth-order valence-corrected chi connectivity index (χ4v) is 1.77. The third-order valence-electron chi connectivity index (χ3n) is 1.82. The van der Waals surface area contributed by atoms with Crippen molar-refractivity contribution in [2.45, 2.75) is 20.0 Å². The van der Waals surface area contributed by atoms with Gasteiger partial charge in [-0.2, -0.15) is 0 Å². The van der Waals surface area contributed by atoms with Crippen LogP contribution in [0.25, 0.3) is 0 Å². The molecular weight excluding hydrogens is 385 g/mol. The number of esters is 1. The predicted molar refractivity (Wildman–Crippen MR) is 64.4 cm³/mol. The van der Waals surface area contributed by atoms with E-state index in [4.69, 9.17) is 0 Å². The van der Waals surface area contributed by atoms with E-state index in [2.05, 4.69) is 14.5 Å². The Kier molecular flexibility index (Phi) is 5.32. The first-order chi connectivity index (χ1) is 8.78. The van der Waals surface area contributed by atoms with Crippen molar-refractivity contribution in [1.82, 2.24) is 4.98 Å². The van der Waals surface area contributed by atoms with Gasteiger partial charge in [-0.1, -0.05) is 0 Å². The number of aromatic nitrogens is 1. The van der Waals surface area contributed by atoms with Crippen LogP contribution in [0.15, 0.2) is 6.07 Å². The van der Waals surface area contributed by atoms with Crippen LogP contribution < -0.4 is 4.74 Å². The van der Waals surface area contributed by atoms with Crippen LogP contribution in [0, 0.1) is 3.57 Å². The normalized spacial score (nSPS) is 11.3.